The van der Waals surface area contributed by atoms with Crippen molar-refractivity contribution in [2.24, 2.45) is 11.7 Å². The molecule has 0 saturated heterocycles. The fraction of sp³-hybridized carbons (Fsp3) is 0.520. The van der Waals surface area contributed by atoms with Gasteiger partial charge < -0.3 is 28.1 Å². The summed E-state index contributed by atoms with van der Waals surface area (Å²) >= 11 is 0. The van der Waals surface area contributed by atoms with Crippen molar-refractivity contribution in [1.82, 2.24) is 0 Å². The fourth-order valence-corrected chi connectivity index (χ4v) is 4.23. The summed E-state index contributed by atoms with van der Waals surface area (Å²) in [6, 6.07) is 1.80. The van der Waals surface area contributed by atoms with Gasteiger partial charge in [0.15, 0.2) is 0 Å². The Morgan fingerprint density at radius 1 is 1.37 bits per heavy atom. The third-order valence-corrected chi connectivity index (χ3v) is 5.74. The first-order valence-electron chi connectivity index (χ1n) is 10.6. The molecule has 0 aliphatic heterocycles. The molecule has 5 heteroatoms. The Morgan fingerprint density at radius 2 is 2.07 bits per heavy atom. The highest BCUT2D eigenvalue weighted by molar-refractivity contribution is 5.94. The highest BCUT2D eigenvalue weighted by Crippen LogP contribution is 2.48. The number of hydrogen-bond acceptors (Lipinski definition) is 4. The molecule has 2 atom stereocenters. The zero-order chi connectivity index (χ0) is 21.6. The van der Waals surface area contributed by atoms with Gasteiger partial charge >= 0.3 is 5.97 Å². The highest BCUT2D eigenvalue weighted by atomic mass is 16.5. The Balaban J connectivity index is 0.00000450. The number of carboxylic acid groups (broad SMARTS) is 1. The third-order valence-electron chi connectivity index (χ3n) is 5.74. The molecule has 0 bridgehead atoms. The SMILES string of the molecule is C=C(C)C1CCC(C)=CC1c1c(OCCN)cc(CCCCC)c(C(=O)O)c1O.[CH3-]. The summed E-state index contributed by atoms with van der Waals surface area (Å²) in [4.78, 5) is 12.1. The summed E-state index contributed by atoms with van der Waals surface area (Å²) in [5.41, 5.74) is 9.04. The van der Waals surface area contributed by atoms with Gasteiger partial charge in [0.2, 0.25) is 0 Å². The number of benzene rings is 1. The van der Waals surface area contributed by atoms with Gasteiger partial charge in [-0.3, -0.25) is 0 Å². The summed E-state index contributed by atoms with van der Waals surface area (Å²) in [5, 5.41) is 21.0. The standard InChI is InChI=1S/C24H35NO4.CH3/c1-5-6-7-8-17-14-20(29-12-11-25)22(23(26)21(17)24(27)28)19-13-16(4)9-10-18(19)15(2)3;/h13-14,18-19,26H,2,5-12,25H2,1,3-4H3,(H,27,28);1H3/q;-1. The van der Waals surface area contributed by atoms with Gasteiger partial charge in [-0.05, 0) is 57.1 Å². The Kier molecular flexibility index (Phi) is 10.1. The largest absolute Gasteiger partial charge is 0.507 e. The number of allylic oxidation sites excluding steroid dienone is 3. The molecular weight excluding hydrogens is 378 g/mol. The van der Waals surface area contributed by atoms with E-state index in [1.54, 1.807) is 6.07 Å². The number of carboxylic acids is 1. The summed E-state index contributed by atoms with van der Waals surface area (Å²) in [6.45, 7) is 10.9. The van der Waals surface area contributed by atoms with Crippen molar-refractivity contribution >= 4 is 5.97 Å². The van der Waals surface area contributed by atoms with Crippen LogP contribution in [-0.4, -0.2) is 29.3 Å². The van der Waals surface area contributed by atoms with E-state index < -0.39 is 5.97 Å². The van der Waals surface area contributed by atoms with Crippen molar-refractivity contribution in [3.05, 3.63) is 54.0 Å². The smallest absolute Gasteiger partial charge is 0.339 e. The number of unbranched alkanes of at least 4 members (excludes halogenated alkanes) is 2. The lowest BCUT2D eigenvalue weighted by Gasteiger charge is -2.32. The Bertz CT molecular complexity index is 782. The van der Waals surface area contributed by atoms with Crippen LogP contribution in [0.1, 0.15) is 80.3 Å². The molecule has 2 rings (SSSR count). The molecular formula is C25H38NO4-. The van der Waals surface area contributed by atoms with Crippen molar-refractivity contribution in [3.63, 3.8) is 0 Å². The minimum absolute atomic E-state index is 0. The van der Waals surface area contributed by atoms with Gasteiger partial charge in [-0.15, -0.1) is 0 Å². The van der Waals surface area contributed by atoms with Crippen LogP contribution in [0.4, 0.5) is 0 Å². The van der Waals surface area contributed by atoms with E-state index in [9.17, 15) is 15.0 Å². The zero-order valence-corrected chi connectivity index (χ0v) is 19.0. The van der Waals surface area contributed by atoms with E-state index in [-0.39, 0.29) is 30.6 Å². The molecule has 0 heterocycles. The van der Waals surface area contributed by atoms with Crippen molar-refractivity contribution in [3.8, 4) is 11.5 Å². The molecule has 0 radical (unpaired) electrons. The maximum absolute atomic E-state index is 12.1. The number of phenols is 1. The van der Waals surface area contributed by atoms with Gasteiger partial charge in [0, 0.05) is 18.0 Å². The lowest BCUT2D eigenvalue weighted by Crippen LogP contribution is -2.20. The molecule has 2 unspecified atom stereocenters. The number of carbonyl (C=O) groups is 1. The molecule has 30 heavy (non-hydrogen) atoms. The predicted octanol–water partition coefficient (Wildman–Crippen LogP) is 5.63. The normalized spacial score (nSPS) is 18.3. The van der Waals surface area contributed by atoms with Gasteiger partial charge in [0.25, 0.3) is 0 Å². The first-order chi connectivity index (χ1) is 13.8. The van der Waals surface area contributed by atoms with Crippen LogP contribution >= 0.6 is 0 Å². The molecule has 0 amide bonds. The van der Waals surface area contributed by atoms with Crippen LogP contribution in [0.2, 0.25) is 0 Å². The minimum atomic E-state index is -1.11. The van der Waals surface area contributed by atoms with E-state index in [4.69, 9.17) is 10.5 Å². The van der Waals surface area contributed by atoms with Crippen LogP contribution in [0, 0.1) is 13.3 Å². The summed E-state index contributed by atoms with van der Waals surface area (Å²) in [5.74, 6) is -0.800. The van der Waals surface area contributed by atoms with E-state index in [1.165, 1.54) is 5.57 Å². The van der Waals surface area contributed by atoms with Gasteiger partial charge in [-0.1, -0.05) is 43.6 Å². The Morgan fingerprint density at radius 3 is 2.63 bits per heavy atom. The molecule has 1 aliphatic carbocycles. The molecule has 0 saturated carbocycles. The van der Waals surface area contributed by atoms with Gasteiger partial charge in [-0.2, -0.15) is 0 Å². The molecule has 5 nitrogen and oxygen atoms in total. The van der Waals surface area contributed by atoms with E-state index in [0.29, 0.717) is 36.4 Å². The molecule has 1 aromatic rings. The minimum Gasteiger partial charge on any atom is -0.507 e. The predicted molar refractivity (Wildman–Crippen MR) is 123 cm³/mol. The maximum atomic E-state index is 12.1. The summed E-state index contributed by atoms with van der Waals surface area (Å²) in [7, 11) is 0. The average Bonchev–Trinajstić information content (AvgIpc) is 2.65. The first-order valence-corrected chi connectivity index (χ1v) is 10.6. The number of ether oxygens (including phenoxy) is 1. The van der Waals surface area contributed by atoms with Gasteiger partial charge in [-0.25, -0.2) is 4.79 Å². The van der Waals surface area contributed by atoms with E-state index >= 15 is 0 Å². The van der Waals surface area contributed by atoms with Crippen molar-refractivity contribution in [2.45, 2.75) is 65.2 Å². The van der Waals surface area contributed by atoms with Crippen LogP contribution in [-0.2, 0) is 6.42 Å². The first kappa shape index (κ1) is 25.8. The number of nitrogens with two attached hydrogens (primary N) is 1. The average molecular weight is 417 g/mol. The monoisotopic (exact) mass is 416 g/mol. The molecule has 0 aromatic heterocycles. The molecule has 4 N–H and O–H groups in total. The van der Waals surface area contributed by atoms with E-state index in [2.05, 4.69) is 26.5 Å². The molecule has 0 fully saturated rings. The van der Waals surface area contributed by atoms with E-state index in [1.807, 2.05) is 6.92 Å². The van der Waals surface area contributed by atoms with Crippen LogP contribution < -0.4 is 10.5 Å². The fourth-order valence-electron chi connectivity index (χ4n) is 4.23. The number of rotatable bonds is 10. The van der Waals surface area contributed by atoms with Crippen molar-refractivity contribution in [2.75, 3.05) is 13.2 Å². The number of aromatic carboxylic acids is 1. The number of hydrogen-bond donors (Lipinski definition) is 3. The van der Waals surface area contributed by atoms with Crippen LogP contribution in [0.15, 0.2) is 29.9 Å². The second-order valence-electron chi connectivity index (χ2n) is 8.10. The van der Waals surface area contributed by atoms with Crippen LogP contribution in [0.5, 0.6) is 11.5 Å². The quantitative estimate of drug-likeness (QED) is 0.261. The molecule has 1 aliphatic rings. The molecule has 0 spiro atoms. The Labute approximate surface area is 181 Å². The highest BCUT2D eigenvalue weighted by Gasteiger charge is 2.33. The Hall–Kier alpha value is -2.27. The van der Waals surface area contributed by atoms with Crippen molar-refractivity contribution < 1.29 is 19.7 Å². The second-order valence-corrected chi connectivity index (χ2v) is 8.10. The topological polar surface area (TPSA) is 92.8 Å². The van der Waals surface area contributed by atoms with Crippen LogP contribution in [0.25, 0.3) is 0 Å². The van der Waals surface area contributed by atoms with Gasteiger partial charge in [0.1, 0.15) is 23.7 Å². The number of aromatic hydroxyl groups is 1. The lowest BCUT2D eigenvalue weighted by molar-refractivity contribution is 0.0692. The number of aryl methyl sites for hydroxylation is 1. The summed E-state index contributed by atoms with van der Waals surface area (Å²) in [6.07, 6.45) is 7.50. The molecule has 168 valence electrons. The second kappa shape index (κ2) is 11.8. The maximum Gasteiger partial charge on any atom is 0.339 e. The third kappa shape index (κ3) is 5.88. The lowest BCUT2D eigenvalue weighted by atomic mass is 9.73. The zero-order valence-electron chi connectivity index (χ0n) is 19.0. The summed E-state index contributed by atoms with van der Waals surface area (Å²) < 4.78 is 5.93. The van der Waals surface area contributed by atoms with Gasteiger partial charge in [0.05, 0.1) is 0 Å². The van der Waals surface area contributed by atoms with E-state index in [0.717, 1.165) is 37.7 Å². The van der Waals surface area contributed by atoms with Crippen molar-refractivity contribution in [1.29, 1.82) is 0 Å². The van der Waals surface area contributed by atoms with Crippen LogP contribution in [0.3, 0.4) is 0 Å². The molecule has 1 aromatic carbocycles.